The van der Waals surface area contributed by atoms with Gasteiger partial charge in [-0.05, 0) is 38.4 Å². The second kappa shape index (κ2) is 13.1. The number of rotatable bonds is 12. The molecule has 0 aliphatic carbocycles. The fourth-order valence-electron chi connectivity index (χ4n) is 4.66. The molecule has 0 bridgehead atoms. The average molecular weight is 562 g/mol. The van der Waals surface area contributed by atoms with Gasteiger partial charge in [-0.25, -0.2) is 4.79 Å². The smallest absolute Gasteiger partial charge is 0.366 e. The lowest BCUT2D eigenvalue weighted by Crippen LogP contribution is -2.69. The zero-order chi connectivity index (χ0) is 28.9. The molecule has 2 rings (SSSR count). The third-order valence-corrected chi connectivity index (χ3v) is 12.3. The number of carbonyl (C=O) groups excluding carboxylic acids is 2. The minimum absolute atomic E-state index is 0.0419. The third-order valence-electron chi connectivity index (χ3n) is 7.78. The Kier molecular flexibility index (Phi) is 11.4. The summed E-state index contributed by atoms with van der Waals surface area (Å²) >= 11 is 0. The predicted octanol–water partition coefficient (Wildman–Crippen LogP) is 3.91. The summed E-state index contributed by atoms with van der Waals surface area (Å²) in [5.41, 5.74) is 0. The second-order valence-electron chi connectivity index (χ2n) is 12.3. The molecule has 2 saturated heterocycles. The molecule has 0 spiro atoms. The lowest BCUT2D eigenvalue weighted by atomic mass is 9.88. The van der Waals surface area contributed by atoms with Crippen LogP contribution < -0.4 is 5.32 Å². The molecule has 0 aromatic rings. The van der Waals surface area contributed by atoms with Crippen LogP contribution >= 0.6 is 0 Å². The van der Waals surface area contributed by atoms with Crippen molar-refractivity contribution >= 4 is 20.2 Å². The molecule has 0 aromatic carbocycles. The molecule has 0 radical (unpaired) electrons. The number of unbranched alkanes of at least 4 members (excludes halogenated alkanes) is 2. The van der Waals surface area contributed by atoms with Crippen molar-refractivity contribution in [3.8, 4) is 0 Å². The molecule has 2 fully saturated rings. The van der Waals surface area contributed by atoms with E-state index in [-0.39, 0.29) is 24.0 Å². The minimum atomic E-state index is -2.37. The molecule has 2 aliphatic rings. The van der Waals surface area contributed by atoms with Crippen molar-refractivity contribution in [3.05, 3.63) is 0 Å². The normalized spacial score (nSPS) is 30.6. The van der Waals surface area contributed by atoms with Gasteiger partial charge in [0, 0.05) is 27.1 Å². The second-order valence-corrected chi connectivity index (χ2v) is 17.0. The zero-order valence-corrected chi connectivity index (χ0v) is 26.3. The van der Waals surface area contributed by atoms with Crippen LogP contribution in [0.25, 0.3) is 0 Å². The molecule has 222 valence electrons. The Morgan fingerprint density at radius 2 is 1.79 bits per heavy atom. The number of nitrogens with one attached hydrogen (secondary N) is 1. The van der Waals surface area contributed by atoms with Crippen LogP contribution in [0.15, 0.2) is 0 Å². The maximum Gasteiger partial charge on any atom is 0.366 e. The molecule has 6 atom stereocenters. The van der Waals surface area contributed by atoms with Gasteiger partial charge in [0.05, 0.1) is 25.9 Å². The van der Waals surface area contributed by atoms with E-state index in [0.717, 1.165) is 19.3 Å². The molecule has 10 nitrogen and oxygen atoms in total. The molecule has 11 heteroatoms. The number of methoxy groups -OCH3 is 2. The molecule has 38 heavy (non-hydrogen) atoms. The molecule has 0 saturated carbocycles. The predicted molar refractivity (Wildman–Crippen MR) is 145 cm³/mol. The third kappa shape index (κ3) is 7.99. The monoisotopic (exact) mass is 561 g/mol. The Labute approximate surface area is 229 Å². The highest BCUT2D eigenvalue weighted by Crippen LogP contribution is 2.43. The first-order valence-electron chi connectivity index (χ1n) is 13.7. The van der Waals surface area contributed by atoms with Crippen molar-refractivity contribution in [2.75, 3.05) is 27.4 Å². The van der Waals surface area contributed by atoms with Crippen molar-refractivity contribution in [1.82, 2.24) is 5.32 Å². The van der Waals surface area contributed by atoms with Crippen molar-refractivity contribution in [3.63, 3.8) is 0 Å². The Morgan fingerprint density at radius 1 is 1.13 bits per heavy atom. The average Bonchev–Trinajstić information content (AvgIpc) is 3.17. The summed E-state index contributed by atoms with van der Waals surface area (Å²) in [6.45, 7) is 18.6. The van der Waals surface area contributed by atoms with Gasteiger partial charge >= 0.3 is 5.97 Å². The fourth-order valence-corrected chi connectivity index (χ4v) is 6.00. The van der Waals surface area contributed by atoms with Crippen LogP contribution in [0, 0.1) is 0 Å². The van der Waals surface area contributed by atoms with Crippen LogP contribution in [-0.4, -0.2) is 89.7 Å². The summed E-state index contributed by atoms with van der Waals surface area (Å²) in [7, 11) is 0.329. The summed E-state index contributed by atoms with van der Waals surface area (Å²) in [5.74, 6) is -3.49. The number of hydrogen-bond acceptors (Lipinski definition) is 9. The number of carbonyl (C=O) groups is 2. The van der Waals surface area contributed by atoms with Crippen LogP contribution in [0.3, 0.4) is 0 Å². The van der Waals surface area contributed by atoms with Gasteiger partial charge in [0.1, 0.15) is 18.3 Å². The standard InChI is InChI=1S/C27H51NO9Si/c1-12-13-14-15-33-22(20-17-34-26(6,7)35-20)23-21(28-18(2)29)19(37-38(10,11)25(3,4)5)16-27(32-9,36-23)24(30)31-8/h19-23H,12-17H2,1-11H3,(H,28,29)/t19-,20+,21+,22+,23+,27-/m0/s1. The van der Waals surface area contributed by atoms with Crippen molar-refractivity contribution in [2.24, 2.45) is 0 Å². The lowest BCUT2D eigenvalue weighted by molar-refractivity contribution is -0.307. The Balaban J connectivity index is 2.60. The molecule has 2 aliphatic heterocycles. The Bertz CT molecular complexity index is 800. The van der Waals surface area contributed by atoms with Crippen LogP contribution in [0.5, 0.6) is 0 Å². The van der Waals surface area contributed by atoms with Gasteiger partial charge in [0.15, 0.2) is 14.1 Å². The first kappa shape index (κ1) is 33.1. The molecule has 2 heterocycles. The largest absolute Gasteiger partial charge is 0.465 e. The number of ether oxygens (including phenoxy) is 6. The lowest BCUT2D eigenvalue weighted by Gasteiger charge is -2.51. The summed E-state index contributed by atoms with van der Waals surface area (Å²) < 4.78 is 42.8. The Hall–Kier alpha value is -1.08. The fraction of sp³-hybridized carbons (Fsp3) is 0.926. The van der Waals surface area contributed by atoms with E-state index in [2.05, 4.69) is 46.1 Å². The van der Waals surface area contributed by atoms with Crippen LogP contribution in [0.2, 0.25) is 18.1 Å². The van der Waals surface area contributed by atoms with Crippen LogP contribution in [0.4, 0.5) is 0 Å². The highest BCUT2D eigenvalue weighted by molar-refractivity contribution is 6.74. The molecule has 1 amide bonds. The van der Waals surface area contributed by atoms with Crippen molar-refractivity contribution in [1.29, 1.82) is 0 Å². The van der Waals surface area contributed by atoms with E-state index in [9.17, 15) is 9.59 Å². The van der Waals surface area contributed by atoms with E-state index < -0.39 is 56.3 Å². The maximum absolute atomic E-state index is 13.1. The van der Waals surface area contributed by atoms with E-state index in [1.807, 2.05) is 13.8 Å². The molecule has 0 aromatic heterocycles. The summed E-state index contributed by atoms with van der Waals surface area (Å²) in [4.78, 5) is 25.7. The van der Waals surface area contributed by atoms with Crippen LogP contribution in [-0.2, 0) is 42.4 Å². The zero-order valence-electron chi connectivity index (χ0n) is 25.3. The molecule has 1 N–H and O–H groups in total. The number of esters is 1. The molecular weight excluding hydrogens is 510 g/mol. The summed E-state index contributed by atoms with van der Waals surface area (Å²) in [6, 6.07) is -0.641. The summed E-state index contributed by atoms with van der Waals surface area (Å²) in [6.07, 6.45) is 0.262. The van der Waals surface area contributed by atoms with E-state index in [4.69, 9.17) is 32.8 Å². The van der Waals surface area contributed by atoms with Gasteiger partial charge in [0.2, 0.25) is 5.91 Å². The van der Waals surface area contributed by atoms with Gasteiger partial charge < -0.3 is 38.2 Å². The number of amides is 1. The van der Waals surface area contributed by atoms with E-state index in [1.165, 1.54) is 21.1 Å². The van der Waals surface area contributed by atoms with Crippen molar-refractivity contribution < 1.29 is 42.4 Å². The maximum atomic E-state index is 13.1. The Morgan fingerprint density at radius 3 is 2.26 bits per heavy atom. The highest BCUT2D eigenvalue weighted by atomic mass is 28.4. The quantitative estimate of drug-likeness (QED) is 0.215. The van der Waals surface area contributed by atoms with Gasteiger partial charge in [0.25, 0.3) is 5.79 Å². The minimum Gasteiger partial charge on any atom is -0.465 e. The molecule has 0 unspecified atom stereocenters. The van der Waals surface area contributed by atoms with Crippen molar-refractivity contribution in [2.45, 2.75) is 134 Å². The van der Waals surface area contributed by atoms with E-state index >= 15 is 0 Å². The first-order chi connectivity index (χ1) is 17.5. The summed E-state index contributed by atoms with van der Waals surface area (Å²) in [5, 5.41) is 2.93. The SMILES string of the molecule is CCCCCO[C@@H]([C@@H]1O[C@](OC)(C(=O)OC)C[C@H](O[Si](C)(C)C(C)(C)C)[C@H]1NC(C)=O)[C@H]1COC(C)(C)O1. The first-order valence-corrected chi connectivity index (χ1v) is 16.6. The highest BCUT2D eigenvalue weighted by Gasteiger charge is 2.59. The topological polar surface area (TPSA) is 111 Å². The van der Waals surface area contributed by atoms with Gasteiger partial charge in [-0.2, -0.15) is 0 Å². The van der Waals surface area contributed by atoms with E-state index in [1.54, 1.807) is 0 Å². The number of hydrogen-bond donors (Lipinski definition) is 1. The molecular formula is C27H51NO9Si. The van der Waals surface area contributed by atoms with Gasteiger partial charge in [-0.15, -0.1) is 0 Å². The van der Waals surface area contributed by atoms with Gasteiger partial charge in [-0.1, -0.05) is 40.5 Å². The van der Waals surface area contributed by atoms with E-state index in [0.29, 0.717) is 6.61 Å². The van der Waals surface area contributed by atoms with Gasteiger partial charge in [-0.3, -0.25) is 4.79 Å². The van der Waals surface area contributed by atoms with Crippen LogP contribution in [0.1, 0.15) is 74.1 Å².